The molecule has 8 heteroatoms. The first kappa shape index (κ1) is 13.4. The number of hydrogen-bond acceptors (Lipinski definition) is 6. The van der Waals surface area contributed by atoms with Crippen LogP contribution >= 0.6 is 23.5 Å². The second kappa shape index (κ2) is 5.84. The number of thioether (sulfide) groups is 2. The smallest absolute Gasteiger partial charge is 0.325 e. The van der Waals surface area contributed by atoms with Crippen molar-refractivity contribution in [3.63, 3.8) is 0 Å². The van der Waals surface area contributed by atoms with E-state index in [-0.39, 0.29) is 6.54 Å². The topological polar surface area (TPSA) is 80.9 Å². The SMILES string of the molecule is O=C(O)Cn1nnnc1SCC1Cc2ccccc2S1. The molecule has 3 rings (SSSR count). The summed E-state index contributed by atoms with van der Waals surface area (Å²) in [7, 11) is 0. The third kappa shape index (κ3) is 2.96. The van der Waals surface area contributed by atoms with Crippen LogP contribution in [0.4, 0.5) is 0 Å². The molecule has 0 spiro atoms. The molecular weight excluding hydrogens is 296 g/mol. The van der Waals surface area contributed by atoms with Crippen molar-refractivity contribution in [3.05, 3.63) is 29.8 Å². The number of aromatic nitrogens is 4. The number of rotatable bonds is 5. The summed E-state index contributed by atoms with van der Waals surface area (Å²) in [4.78, 5) is 12.0. The number of carbonyl (C=O) groups is 1. The van der Waals surface area contributed by atoms with Crippen molar-refractivity contribution in [2.75, 3.05) is 5.75 Å². The maximum absolute atomic E-state index is 10.7. The highest BCUT2D eigenvalue weighted by atomic mass is 32.2. The molecule has 0 radical (unpaired) electrons. The Labute approximate surface area is 123 Å². The monoisotopic (exact) mass is 308 g/mol. The molecule has 1 unspecified atom stereocenters. The van der Waals surface area contributed by atoms with Gasteiger partial charge in [0.25, 0.3) is 0 Å². The molecule has 0 amide bonds. The van der Waals surface area contributed by atoms with Gasteiger partial charge >= 0.3 is 5.97 Å². The van der Waals surface area contributed by atoms with E-state index in [1.807, 2.05) is 11.8 Å². The first-order valence-electron chi connectivity index (χ1n) is 6.07. The van der Waals surface area contributed by atoms with Crippen LogP contribution in [-0.4, -0.2) is 42.3 Å². The summed E-state index contributed by atoms with van der Waals surface area (Å²) in [5, 5.41) is 20.9. The van der Waals surface area contributed by atoms with Crippen molar-refractivity contribution in [2.24, 2.45) is 0 Å². The first-order valence-corrected chi connectivity index (χ1v) is 7.94. The van der Waals surface area contributed by atoms with Gasteiger partial charge in [-0.05, 0) is 28.5 Å². The lowest BCUT2D eigenvalue weighted by molar-refractivity contribution is -0.138. The molecule has 104 valence electrons. The largest absolute Gasteiger partial charge is 0.480 e. The van der Waals surface area contributed by atoms with Gasteiger partial charge in [-0.25, -0.2) is 4.68 Å². The summed E-state index contributed by atoms with van der Waals surface area (Å²) in [6.45, 7) is -0.201. The fraction of sp³-hybridized carbons (Fsp3) is 0.333. The van der Waals surface area contributed by atoms with Crippen LogP contribution in [0.5, 0.6) is 0 Å². The average molecular weight is 308 g/mol. The van der Waals surface area contributed by atoms with Crippen molar-refractivity contribution >= 4 is 29.5 Å². The Kier molecular flexibility index (Phi) is 3.93. The Morgan fingerprint density at radius 1 is 1.50 bits per heavy atom. The number of nitrogens with zero attached hydrogens (tertiary/aromatic N) is 4. The molecule has 1 aliphatic heterocycles. The number of aliphatic carboxylic acids is 1. The van der Waals surface area contributed by atoms with E-state index in [2.05, 4.69) is 39.8 Å². The van der Waals surface area contributed by atoms with E-state index in [4.69, 9.17) is 5.11 Å². The van der Waals surface area contributed by atoms with Crippen molar-refractivity contribution in [2.45, 2.75) is 28.3 Å². The standard InChI is InChI=1S/C12H12N4O2S2/c17-11(18)6-16-12(13-14-15-16)19-7-9-5-8-3-1-2-4-10(8)20-9/h1-4,9H,5-7H2,(H,17,18). The normalized spacial score (nSPS) is 17.1. The highest BCUT2D eigenvalue weighted by molar-refractivity contribution is 8.03. The van der Waals surface area contributed by atoms with E-state index < -0.39 is 5.97 Å². The second-order valence-corrected chi connectivity index (χ2v) is 6.70. The van der Waals surface area contributed by atoms with E-state index in [0.717, 1.165) is 12.2 Å². The zero-order valence-corrected chi connectivity index (χ0v) is 12.1. The van der Waals surface area contributed by atoms with Gasteiger partial charge < -0.3 is 5.11 Å². The zero-order chi connectivity index (χ0) is 13.9. The number of tetrazole rings is 1. The summed E-state index contributed by atoms with van der Waals surface area (Å²) >= 11 is 3.37. The zero-order valence-electron chi connectivity index (χ0n) is 10.5. The highest BCUT2D eigenvalue weighted by Crippen LogP contribution is 2.38. The third-order valence-electron chi connectivity index (χ3n) is 2.90. The molecule has 2 heterocycles. The molecule has 1 N–H and O–H groups in total. The minimum Gasteiger partial charge on any atom is -0.480 e. The predicted octanol–water partition coefficient (Wildman–Crippen LogP) is 1.57. The Bertz CT molecular complexity index is 606. The van der Waals surface area contributed by atoms with Crippen LogP contribution in [0.25, 0.3) is 0 Å². The van der Waals surface area contributed by atoms with E-state index in [1.54, 1.807) is 0 Å². The lowest BCUT2D eigenvalue weighted by Gasteiger charge is -2.07. The number of hydrogen-bond donors (Lipinski definition) is 1. The molecule has 20 heavy (non-hydrogen) atoms. The fourth-order valence-corrected chi connectivity index (χ4v) is 4.40. The quantitative estimate of drug-likeness (QED) is 0.840. The fourth-order valence-electron chi connectivity index (χ4n) is 2.04. The summed E-state index contributed by atoms with van der Waals surface area (Å²) < 4.78 is 1.32. The number of benzene rings is 1. The average Bonchev–Trinajstić information content (AvgIpc) is 3.01. The summed E-state index contributed by atoms with van der Waals surface area (Å²) in [6.07, 6.45) is 1.04. The Morgan fingerprint density at radius 3 is 3.15 bits per heavy atom. The van der Waals surface area contributed by atoms with Crippen molar-refractivity contribution in [1.82, 2.24) is 20.2 Å². The lowest BCUT2D eigenvalue weighted by Crippen LogP contribution is -2.12. The van der Waals surface area contributed by atoms with Gasteiger partial charge in [0.2, 0.25) is 5.16 Å². The molecule has 0 aliphatic carbocycles. The highest BCUT2D eigenvalue weighted by Gasteiger charge is 2.22. The second-order valence-electron chi connectivity index (χ2n) is 4.38. The molecule has 0 fully saturated rings. The minimum absolute atomic E-state index is 0.201. The predicted molar refractivity (Wildman–Crippen MR) is 76.0 cm³/mol. The van der Waals surface area contributed by atoms with Gasteiger partial charge in [-0.2, -0.15) is 0 Å². The van der Waals surface area contributed by atoms with E-state index in [0.29, 0.717) is 10.4 Å². The molecule has 0 saturated heterocycles. The number of carboxylic acids is 1. The molecular formula is C12H12N4O2S2. The van der Waals surface area contributed by atoms with Gasteiger partial charge in [0.1, 0.15) is 6.54 Å². The molecule has 0 bridgehead atoms. The van der Waals surface area contributed by atoms with Crippen LogP contribution in [0.1, 0.15) is 5.56 Å². The van der Waals surface area contributed by atoms with Gasteiger partial charge in [0, 0.05) is 15.9 Å². The number of fused-ring (bicyclic) bond motifs is 1. The lowest BCUT2D eigenvalue weighted by atomic mass is 10.1. The van der Waals surface area contributed by atoms with Crippen LogP contribution in [-0.2, 0) is 17.8 Å². The van der Waals surface area contributed by atoms with Crippen LogP contribution in [0, 0.1) is 0 Å². The van der Waals surface area contributed by atoms with Crippen LogP contribution in [0.2, 0.25) is 0 Å². The maximum Gasteiger partial charge on any atom is 0.325 e. The first-order chi connectivity index (χ1) is 9.72. The maximum atomic E-state index is 10.7. The molecule has 1 atom stereocenters. The van der Waals surface area contributed by atoms with E-state index in [1.165, 1.54) is 26.9 Å². The summed E-state index contributed by atoms with van der Waals surface area (Å²) in [5.74, 6) is -0.0823. The van der Waals surface area contributed by atoms with Gasteiger partial charge in [-0.15, -0.1) is 16.9 Å². The summed E-state index contributed by atoms with van der Waals surface area (Å²) in [6, 6.07) is 8.40. The Balaban J connectivity index is 1.59. The molecule has 1 aliphatic rings. The molecule has 1 aromatic heterocycles. The van der Waals surface area contributed by atoms with E-state index >= 15 is 0 Å². The van der Waals surface area contributed by atoms with Crippen LogP contribution < -0.4 is 0 Å². The minimum atomic E-state index is -0.943. The third-order valence-corrected chi connectivity index (χ3v) is 5.55. The molecule has 1 aromatic carbocycles. The van der Waals surface area contributed by atoms with Gasteiger partial charge in [-0.1, -0.05) is 30.0 Å². The van der Waals surface area contributed by atoms with Crippen molar-refractivity contribution < 1.29 is 9.90 Å². The van der Waals surface area contributed by atoms with Crippen molar-refractivity contribution in [1.29, 1.82) is 0 Å². The van der Waals surface area contributed by atoms with Gasteiger partial charge in [-0.3, -0.25) is 4.79 Å². The molecule has 2 aromatic rings. The molecule has 6 nitrogen and oxygen atoms in total. The van der Waals surface area contributed by atoms with Crippen LogP contribution in [0.15, 0.2) is 34.3 Å². The van der Waals surface area contributed by atoms with Gasteiger partial charge in [0.15, 0.2) is 0 Å². The van der Waals surface area contributed by atoms with Gasteiger partial charge in [0.05, 0.1) is 0 Å². The number of carboxylic acid groups (broad SMARTS) is 1. The molecule has 0 saturated carbocycles. The van der Waals surface area contributed by atoms with Crippen molar-refractivity contribution in [3.8, 4) is 0 Å². The summed E-state index contributed by atoms with van der Waals surface area (Å²) in [5.41, 5.74) is 1.38. The van der Waals surface area contributed by atoms with E-state index in [9.17, 15) is 4.79 Å². The van der Waals surface area contributed by atoms with Crippen LogP contribution in [0.3, 0.4) is 0 Å². The Morgan fingerprint density at radius 2 is 2.35 bits per heavy atom. The Hall–Kier alpha value is -1.54.